The molecule has 3 rings (SSSR count). The van der Waals surface area contributed by atoms with Crippen LogP contribution in [0.3, 0.4) is 0 Å². The molecule has 1 fully saturated rings. The topological polar surface area (TPSA) is 92.8 Å². The smallest absolute Gasteiger partial charge is 0.267 e. The Labute approximate surface area is 164 Å². The number of amides is 2. The van der Waals surface area contributed by atoms with E-state index < -0.39 is 27.9 Å². The predicted molar refractivity (Wildman–Crippen MR) is 105 cm³/mol. The van der Waals surface area contributed by atoms with Gasteiger partial charge in [0.1, 0.15) is 11.8 Å². The third kappa shape index (κ3) is 3.73. The van der Waals surface area contributed by atoms with E-state index in [-0.39, 0.29) is 17.7 Å². The van der Waals surface area contributed by atoms with Crippen LogP contribution in [0.15, 0.2) is 47.4 Å². The van der Waals surface area contributed by atoms with Crippen molar-refractivity contribution >= 4 is 27.5 Å². The molecule has 0 bridgehead atoms. The number of methoxy groups -OCH3 is 1. The van der Waals surface area contributed by atoms with Gasteiger partial charge in [0.05, 0.1) is 12.0 Å². The number of hydrogen-bond donors (Lipinski definition) is 1. The van der Waals surface area contributed by atoms with Gasteiger partial charge in [-0.3, -0.25) is 9.59 Å². The lowest BCUT2D eigenvalue weighted by molar-refractivity contribution is -0.128. The number of carbonyl (C=O) groups excluding carboxylic acids is 2. The molecular weight excluding hydrogens is 380 g/mol. The van der Waals surface area contributed by atoms with Gasteiger partial charge in [-0.1, -0.05) is 17.7 Å². The zero-order valence-electron chi connectivity index (χ0n) is 15.9. The van der Waals surface area contributed by atoms with E-state index in [1.54, 1.807) is 19.1 Å². The molecule has 1 aliphatic rings. The fourth-order valence-electron chi connectivity index (χ4n) is 3.19. The van der Waals surface area contributed by atoms with Crippen molar-refractivity contribution < 1.29 is 22.7 Å². The molecule has 0 aromatic heterocycles. The molecule has 8 heteroatoms. The van der Waals surface area contributed by atoms with Gasteiger partial charge in [0.15, 0.2) is 0 Å². The highest BCUT2D eigenvalue weighted by atomic mass is 32.2. The second-order valence-corrected chi connectivity index (χ2v) is 8.55. The minimum absolute atomic E-state index is 0.000349. The fourth-order valence-corrected chi connectivity index (χ4v) is 4.88. The number of aryl methyl sites for hydroxylation is 2. The number of nitrogens with zero attached hydrogens (tertiary/aromatic N) is 1. The SMILES string of the molecule is COc1ccc(S(=O)(=O)N2C(=O)CC[C@H]2C(=O)Nc2ccc(C)cc2)cc1C. The van der Waals surface area contributed by atoms with Crippen LogP contribution in [0.2, 0.25) is 0 Å². The highest BCUT2D eigenvalue weighted by Gasteiger charge is 2.44. The molecule has 28 heavy (non-hydrogen) atoms. The Hall–Kier alpha value is -2.87. The van der Waals surface area contributed by atoms with Crippen LogP contribution in [0, 0.1) is 13.8 Å². The van der Waals surface area contributed by atoms with Gasteiger partial charge >= 0.3 is 0 Å². The van der Waals surface area contributed by atoms with E-state index in [4.69, 9.17) is 4.74 Å². The number of ether oxygens (including phenoxy) is 1. The summed E-state index contributed by atoms with van der Waals surface area (Å²) in [6.07, 6.45) is 0.144. The average molecular weight is 402 g/mol. The molecule has 1 heterocycles. The summed E-state index contributed by atoms with van der Waals surface area (Å²) in [6, 6.07) is 10.4. The molecular formula is C20H22N2O5S. The van der Waals surface area contributed by atoms with E-state index in [9.17, 15) is 18.0 Å². The normalized spacial score (nSPS) is 16.9. The Kier molecular flexibility index (Phi) is 5.42. The number of hydrogen-bond acceptors (Lipinski definition) is 5. The Balaban J connectivity index is 1.89. The third-order valence-corrected chi connectivity index (χ3v) is 6.53. The summed E-state index contributed by atoms with van der Waals surface area (Å²) in [5, 5.41) is 2.70. The Morgan fingerprint density at radius 1 is 1.14 bits per heavy atom. The zero-order chi connectivity index (χ0) is 20.5. The summed E-state index contributed by atoms with van der Waals surface area (Å²) >= 11 is 0. The number of anilines is 1. The van der Waals surface area contributed by atoms with Crippen LogP contribution >= 0.6 is 0 Å². The molecule has 1 atom stereocenters. The molecule has 1 saturated heterocycles. The molecule has 2 aromatic carbocycles. The van der Waals surface area contributed by atoms with Gasteiger partial charge < -0.3 is 10.1 Å². The van der Waals surface area contributed by atoms with Crippen LogP contribution in [0.25, 0.3) is 0 Å². The largest absolute Gasteiger partial charge is 0.496 e. The Morgan fingerprint density at radius 3 is 2.43 bits per heavy atom. The third-order valence-electron chi connectivity index (χ3n) is 4.71. The van der Waals surface area contributed by atoms with Gasteiger partial charge in [0.2, 0.25) is 11.8 Å². The van der Waals surface area contributed by atoms with E-state index in [0.29, 0.717) is 21.3 Å². The van der Waals surface area contributed by atoms with E-state index in [2.05, 4.69) is 5.32 Å². The van der Waals surface area contributed by atoms with Crippen molar-refractivity contribution in [2.45, 2.75) is 37.6 Å². The van der Waals surface area contributed by atoms with Gasteiger partial charge in [-0.15, -0.1) is 0 Å². The van der Waals surface area contributed by atoms with Gasteiger partial charge in [0, 0.05) is 12.1 Å². The highest BCUT2D eigenvalue weighted by molar-refractivity contribution is 7.89. The number of nitrogens with one attached hydrogen (secondary N) is 1. The molecule has 0 radical (unpaired) electrons. The van der Waals surface area contributed by atoms with Crippen molar-refractivity contribution in [1.29, 1.82) is 0 Å². The van der Waals surface area contributed by atoms with E-state index in [1.807, 2.05) is 19.1 Å². The highest BCUT2D eigenvalue weighted by Crippen LogP contribution is 2.30. The molecule has 0 aliphatic carbocycles. The molecule has 2 aromatic rings. The predicted octanol–water partition coefficient (Wildman–Crippen LogP) is 2.63. The van der Waals surface area contributed by atoms with Crippen LogP contribution < -0.4 is 10.1 Å². The lowest BCUT2D eigenvalue weighted by Crippen LogP contribution is -2.45. The van der Waals surface area contributed by atoms with Crippen molar-refractivity contribution in [2.24, 2.45) is 0 Å². The van der Waals surface area contributed by atoms with E-state index in [1.165, 1.54) is 25.3 Å². The number of carbonyl (C=O) groups is 2. The second-order valence-electron chi connectivity index (χ2n) is 6.74. The first kappa shape index (κ1) is 19.9. The maximum atomic E-state index is 13.1. The van der Waals surface area contributed by atoms with Crippen LogP contribution in [0.5, 0.6) is 5.75 Å². The maximum Gasteiger partial charge on any atom is 0.267 e. The number of benzene rings is 2. The molecule has 0 unspecified atom stereocenters. The van der Waals surface area contributed by atoms with Gasteiger partial charge in [-0.05, 0) is 56.2 Å². The molecule has 0 saturated carbocycles. The van der Waals surface area contributed by atoms with Crippen molar-refractivity contribution in [3.8, 4) is 5.75 Å². The molecule has 1 N–H and O–H groups in total. The van der Waals surface area contributed by atoms with Crippen molar-refractivity contribution in [2.75, 3.05) is 12.4 Å². The number of sulfonamides is 1. The molecule has 148 valence electrons. The quantitative estimate of drug-likeness (QED) is 0.830. The minimum atomic E-state index is -4.16. The Bertz CT molecular complexity index is 1020. The van der Waals surface area contributed by atoms with Gasteiger partial charge in [-0.25, -0.2) is 12.7 Å². The monoisotopic (exact) mass is 402 g/mol. The summed E-state index contributed by atoms with van der Waals surface area (Å²) in [5.74, 6) is -0.568. The lowest BCUT2D eigenvalue weighted by Gasteiger charge is -2.24. The van der Waals surface area contributed by atoms with Gasteiger partial charge in [-0.2, -0.15) is 0 Å². The average Bonchev–Trinajstić information content (AvgIpc) is 3.06. The van der Waals surface area contributed by atoms with Crippen molar-refractivity contribution in [3.05, 3.63) is 53.6 Å². The van der Waals surface area contributed by atoms with Crippen LogP contribution in [0.1, 0.15) is 24.0 Å². The second kappa shape index (κ2) is 7.63. The first-order valence-electron chi connectivity index (χ1n) is 8.83. The fraction of sp³-hybridized carbons (Fsp3) is 0.300. The molecule has 0 spiro atoms. The first-order chi connectivity index (χ1) is 13.2. The van der Waals surface area contributed by atoms with E-state index >= 15 is 0 Å². The summed E-state index contributed by atoms with van der Waals surface area (Å²) in [4.78, 5) is 25.0. The Morgan fingerprint density at radius 2 is 1.82 bits per heavy atom. The first-order valence-corrected chi connectivity index (χ1v) is 10.3. The summed E-state index contributed by atoms with van der Waals surface area (Å²) in [6.45, 7) is 3.64. The van der Waals surface area contributed by atoms with E-state index in [0.717, 1.165) is 5.56 Å². The summed E-state index contributed by atoms with van der Waals surface area (Å²) in [5.41, 5.74) is 2.21. The van der Waals surface area contributed by atoms with Crippen LogP contribution in [0.4, 0.5) is 5.69 Å². The maximum absolute atomic E-state index is 13.1. The van der Waals surface area contributed by atoms with Crippen molar-refractivity contribution in [3.63, 3.8) is 0 Å². The van der Waals surface area contributed by atoms with Crippen molar-refractivity contribution in [1.82, 2.24) is 4.31 Å². The molecule has 1 aliphatic heterocycles. The van der Waals surface area contributed by atoms with Gasteiger partial charge in [0.25, 0.3) is 10.0 Å². The lowest BCUT2D eigenvalue weighted by atomic mass is 10.2. The molecule has 7 nitrogen and oxygen atoms in total. The summed E-state index contributed by atoms with van der Waals surface area (Å²) < 4.78 is 32.0. The minimum Gasteiger partial charge on any atom is -0.496 e. The molecule has 2 amide bonds. The zero-order valence-corrected chi connectivity index (χ0v) is 16.7. The number of rotatable bonds is 5. The van der Waals surface area contributed by atoms with Crippen LogP contribution in [-0.4, -0.2) is 37.7 Å². The van der Waals surface area contributed by atoms with Crippen LogP contribution in [-0.2, 0) is 19.6 Å². The summed E-state index contributed by atoms with van der Waals surface area (Å²) in [7, 11) is -2.67. The standard InChI is InChI=1S/C20H22N2O5S/c1-13-4-6-15(7-5-13)21-20(24)17-9-11-19(23)22(17)28(25,26)16-8-10-18(27-3)14(2)12-16/h4-8,10,12,17H,9,11H2,1-3H3,(H,21,24)/t17-/m0/s1.